The number of ether oxygens (including phenoxy) is 3. The summed E-state index contributed by atoms with van der Waals surface area (Å²) in [6.07, 6.45) is 4.01. The minimum atomic E-state index is -3.58. The summed E-state index contributed by atoms with van der Waals surface area (Å²) in [6.45, 7) is 8.13. The number of sulfonamides is 1. The Hall–Kier alpha value is -5.10. The molecule has 364 valence electrons. The number of methoxy groups -OCH3 is 2. The number of halogens is 1. The summed E-state index contributed by atoms with van der Waals surface area (Å²) < 4.78 is 60.6. The van der Waals surface area contributed by atoms with Crippen molar-refractivity contribution in [3.8, 4) is 27.7 Å². The van der Waals surface area contributed by atoms with Crippen molar-refractivity contribution in [3.05, 3.63) is 94.6 Å². The largest absolute Gasteiger partial charge is 0.497 e. The van der Waals surface area contributed by atoms with Crippen molar-refractivity contribution in [1.29, 1.82) is 0 Å². The first-order valence-corrected chi connectivity index (χ1v) is 25.6. The van der Waals surface area contributed by atoms with Crippen LogP contribution in [0.25, 0.3) is 10.4 Å². The van der Waals surface area contributed by atoms with Gasteiger partial charge in [0.1, 0.15) is 29.3 Å². The lowest BCUT2D eigenvalue weighted by atomic mass is 9.85. The molecule has 2 heterocycles. The average Bonchev–Trinajstić information content (AvgIpc) is 3.71. The van der Waals surface area contributed by atoms with Crippen molar-refractivity contribution < 1.29 is 46.5 Å². The van der Waals surface area contributed by atoms with Crippen LogP contribution in [0.4, 0.5) is 4.39 Å². The zero-order chi connectivity index (χ0) is 48.4. The van der Waals surface area contributed by atoms with Crippen LogP contribution in [0, 0.1) is 12.3 Å². The third-order valence-electron chi connectivity index (χ3n) is 12.4. The molecule has 3 amide bonds. The Morgan fingerprint density at radius 2 is 1.52 bits per heavy atom. The molecule has 0 unspecified atom stereocenters. The van der Waals surface area contributed by atoms with E-state index in [0.29, 0.717) is 30.3 Å². The summed E-state index contributed by atoms with van der Waals surface area (Å²) in [6, 6.07) is 18.6. The summed E-state index contributed by atoms with van der Waals surface area (Å²) in [5, 5.41) is 16.2. The van der Waals surface area contributed by atoms with E-state index in [1.165, 1.54) is 16.2 Å². The second-order valence-corrected chi connectivity index (χ2v) is 21.6. The fraction of sp³-hybridized carbons (Fsp3) is 0.520. The van der Waals surface area contributed by atoms with E-state index in [0.717, 1.165) is 64.9 Å². The van der Waals surface area contributed by atoms with Crippen molar-refractivity contribution in [1.82, 2.24) is 24.8 Å². The molecule has 17 heteroatoms. The summed E-state index contributed by atoms with van der Waals surface area (Å²) in [7, 11) is -0.389. The van der Waals surface area contributed by atoms with E-state index < -0.39 is 57.0 Å². The number of hydrogen-bond donors (Lipinski definition) is 3. The van der Waals surface area contributed by atoms with Crippen LogP contribution in [0.15, 0.2) is 72.2 Å². The fourth-order valence-electron chi connectivity index (χ4n) is 8.10. The van der Waals surface area contributed by atoms with Gasteiger partial charge in [0.15, 0.2) is 5.67 Å². The number of hydrogen-bond acceptors (Lipinski definition) is 11. The predicted octanol–water partition coefficient (Wildman–Crippen LogP) is 7.50. The van der Waals surface area contributed by atoms with Gasteiger partial charge in [0.2, 0.25) is 21.8 Å². The van der Waals surface area contributed by atoms with Crippen molar-refractivity contribution >= 4 is 39.1 Å². The number of carbonyl (C=O) groups is 3. The highest BCUT2D eigenvalue weighted by Gasteiger charge is 2.53. The molecule has 4 aromatic rings. The van der Waals surface area contributed by atoms with E-state index >= 15 is 0 Å². The number of carbonyl (C=O) groups excluding carboxylic acids is 3. The first-order valence-electron chi connectivity index (χ1n) is 23.1. The molecule has 1 aliphatic carbocycles. The van der Waals surface area contributed by atoms with E-state index in [1.807, 2.05) is 73.7 Å². The molecule has 2 fully saturated rings. The molecule has 0 bridgehead atoms. The second kappa shape index (κ2) is 22.8. The molecule has 1 aromatic heterocycles. The monoisotopic (exact) mass is 963 g/mol. The van der Waals surface area contributed by atoms with Crippen molar-refractivity contribution in [2.24, 2.45) is 5.41 Å². The van der Waals surface area contributed by atoms with Crippen molar-refractivity contribution in [2.45, 2.75) is 129 Å². The number of aryl methyl sites for hydroxylation is 1. The Bertz CT molecular complexity index is 2350. The lowest BCUT2D eigenvalue weighted by Crippen LogP contribution is -2.59. The lowest BCUT2D eigenvalue weighted by molar-refractivity contribution is -0.145. The zero-order valence-corrected chi connectivity index (χ0v) is 41.1. The zero-order valence-electron chi connectivity index (χ0n) is 39.5. The van der Waals surface area contributed by atoms with Crippen LogP contribution in [-0.4, -0.2) is 102 Å². The minimum absolute atomic E-state index is 0.0197. The van der Waals surface area contributed by atoms with Gasteiger partial charge < -0.3 is 34.9 Å². The molecule has 14 nitrogen and oxygen atoms in total. The van der Waals surface area contributed by atoms with Gasteiger partial charge in [-0.2, -0.15) is 4.31 Å². The number of aliphatic hydroxyl groups excluding tert-OH is 1. The Morgan fingerprint density at radius 3 is 2.07 bits per heavy atom. The standard InChI is InChI=1S/C50H66FN5O9S2/c1-34-44(66-33-53-34)37-17-18-38(29-52-46(58)42-28-39(57)32-56(42)47(59)45(49(2,3)4)54-48(60)50(51)23-24-50)43(27-37)65-25-11-9-7-8-10-12-26-67(61,62)55(30-35-13-19-40(63-5)20-14-35)31-36-15-21-41(64-6)22-16-36/h13-22,27,33,39,42,45,57H,7-12,23-26,28-32H2,1-6H3,(H,52,58)(H,54,60)/t39-,42+,45-/m1/s1. The van der Waals surface area contributed by atoms with Gasteiger partial charge in [0.05, 0.1) is 48.8 Å². The van der Waals surface area contributed by atoms with E-state index in [9.17, 15) is 32.3 Å². The van der Waals surface area contributed by atoms with Gasteiger partial charge in [-0.1, -0.05) is 82.9 Å². The summed E-state index contributed by atoms with van der Waals surface area (Å²) in [4.78, 5) is 47.1. The molecular weight excluding hydrogens is 898 g/mol. The van der Waals surface area contributed by atoms with Crippen LogP contribution < -0.4 is 24.8 Å². The Morgan fingerprint density at radius 1 is 0.925 bits per heavy atom. The maximum atomic E-state index is 14.6. The number of rotatable bonds is 24. The number of nitrogens with zero attached hydrogens (tertiary/aromatic N) is 3. The maximum absolute atomic E-state index is 14.6. The van der Waals surface area contributed by atoms with Crippen molar-refractivity contribution in [3.63, 3.8) is 0 Å². The predicted molar refractivity (Wildman–Crippen MR) is 257 cm³/mol. The van der Waals surface area contributed by atoms with E-state index in [-0.39, 0.29) is 51.2 Å². The highest BCUT2D eigenvalue weighted by atomic mass is 32.2. The van der Waals surface area contributed by atoms with Gasteiger partial charge in [-0.25, -0.2) is 17.8 Å². The number of aromatic nitrogens is 1. The minimum Gasteiger partial charge on any atom is -0.497 e. The third-order valence-corrected chi connectivity index (χ3v) is 15.2. The quantitative estimate of drug-likeness (QED) is 0.0597. The summed E-state index contributed by atoms with van der Waals surface area (Å²) in [5.41, 5.74) is 3.30. The Balaban J connectivity index is 1.01. The molecule has 3 atom stereocenters. The molecule has 1 saturated heterocycles. The van der Waals surface area contributed by atoms with Crippen LogP contribution in [0.1, 0.15) is 101 Å². The molecule has 6 rings (SSSR count). The number of benzene rings is 3. The number of nitrogens with one attached hydrogen (secondary N) is 2. The molecule has 3 aromatic carbocycles. The summed E-state index contributed by atoms with van der Waals surface area (Å²) in [5.74, 6) is 0.212. The van der Waals surface area contributed by atoms with Crippen LogP contribution in [-0.2, 0) is 44.0 Å². The summed E-state index contributed by atoms with van der Waals surface area (Å²) >= 11 is 1.52. The smallest absolute Gasteiger partial charge is 0.258 e. The van der Waals surface area contributed by atoms with E-state index in [4.69, 9.17) is 14.2 Å². The van der Waals surface area contributed by atoms with Gasteiger partial charge in [-0.15, -0.1) is 11.3 Å². The fourth-order valence-corrected chi connectivity index (χ4v) is 10.4. The van der Waals surface area contributed by atoms with E-state index in [1.54, 1.807) is 44.8 Å². The molecule has 1 saturated carbocycles. The van der Waals surface area contributed by atoms with Gasteiger partial charge in [0, 0.05) is 38.2 Å². The molecule has 2 aliphatic rings. The van der Waals surface area contributed by atoms with E-state index in [2.05, 4.69) is 15.6 Å². The number of unbranched alkanes of at least 4 members (excludes halogenated alkanes) is 5. The molecule has 0 radical (unpaired) electrons. The van der Waals surface area contributed by atoms with Crippen LogP contribution >= 0.6 is 11.3 Å². The van der Waals surface area contributed by atoms with Gasteiger partial charge in [-0.05, 0) is 85.0 Å². The highest BCUT2D eigenvalue weighted by Crippen LogP contribution is 2.40. The van der Waals surface area contributed by atoms with Gasteiger partial charge >= 0.3 is 0 Å². The van der Waals surface area contributed by atoms with Gasteiger partial charge in [0.25, 0.3) is 5.91 Å². The Kier molecular flexibility index (Phi) is 17.5. The van der Waals surface area contributed by atoms with Crippen LogP contribution in [0.3, 0.4) is 0 Å². The number of alkyl halides is 1. The Labute approximate surface area is 398 Å². The maximum Gasteiger partial charge on any atom is 0.258 e. The first kappa shape index (κ1) is 51.3. The molecule has 1 aliphatic heterocycles. The first-order chi connectivity index (χ1) is 31.9. The molecule has 67 heavy (non-hydrogen) atoms. The van der Waals surface area contributed by atoms with Gasteiger partial charge in [-0.3, -0.25) is 14.4 Å². The number of thiazole rings is 1. The third kappa shape index (κ3) is 14.0. The normalized spacial score (nSPS) is 17.2. The number of β-amino-alcohol motifs (C(OH)–C–C–N with tert-alkyl or cyclic N) is 1. The number of aliphatic hydroxyl groups is 1. The lowest BCUT2D eigenvalue weighted by Gasteiger charge is -2.35. The topological polar surface area (TPSA) is 177 Å². The van der Waals surface area contributed by atoms with Crippen LogP contribution in [0.5, 0.6) is 17.2 Å². The SMILES string of the molecule is COc1ccc(CN(Cc2ccc(OC)cc2)S(=O)(=O)CCCCCCCCOc2cc(-c3scnc3C)ccc2CNC(=O)[C@@H]2C[C@@H](O)CN2C(=O)[C@@H](NC(=O)C2(F)CC2)C(C)(C)C)cc1. The highest BCUT2D eigenvalue weighted by molar-refractivity contribution is 7.89. The molecular formula is C50H66FN5O9S2. The number of amides is 3. The average molecular weight is 964 g/mol. The second-order valence-electron chi connectivity index (χ2n) is 18.7. The van der Waals surface area contributed by atoms with Crippen molar-refractivity contribution in [2.75, 3.05) is 33.1 Å². The number of likely N-dealkylation sites (tertiary alicyclic amines) is 1. The molecule has 0 spiro atoms. The molecule has 3 N–H and O–H groups in total. The van der Waals surface area contributed by atoms with Crippen LogP contribution in [0.2, 0.25) is 0 Å².